The molecule has 0 heterocycles. The maximum Gasteiger partial charge on any atom is 0.0173 e. The minimum Gasteiger partial charge on any atom is -0.312 e. The average Bonchev–Trinajstić information content (AvgIpc) is 2.24. The molecule has 0 amide bonds. The zero-order chi connectivity index (χ0) is 10.7. The minimum absolute atomic E-state index is 0.698. The third-order valence-electron chi connectivity index (χ3n) is 2.94. The molecule has 1 aromatic rings. The maximum atomic E-state index is 5.59. The third kappa shape index (κ3) is 2.42. The van der Waals surface area contributed by atoms with Crippen LogP contribution >= 0.6 is 11.6 Å². The van der Waals surface area contributed by atoms with E-state index in [1.807, 2.05) is 6.92 Å². The summed E-state index contributed by atoms with van der Waals surface area (Å²) in [5, 5.41) is 3.43. The summed E-state index contributed by atoms with van der Waals surface area (Å²) in [5.41, 5.74) is 5.84. The van der Waals surface area contributed by atoms with Gasteiger partial charge in [0.1, 0.15) is 0 Å². The molecule has 1 aliphatic rings. The standard InChI is InChI=1S/C13H16ClN/c1-10(7-14)8-15-9-12-6-11-4-2-3-5-13(11)12/h2-5,7,12,15H,6,8-9H2,1H3/b10-7-. The lowest BCUT2D eigenvalue weighted by Crippen LogP contribution is -2.29. The summed E-state index contributed by atoms with van der Waals surface area (Å²) in [7, 11) is 0. The molecular weight excluding hydrogens is 206 g/mol. The van der Waals surface area contributed by atoms with Crippen LogP contribution in [0.2, 0.25) is 0 Å². The fourth-order valence-corrected chi connectivity index (χ4v) is 2.10. The van der Waals surface area contributed by atoms with Crippen molar-refractivity contribution in [2.24, 2.45) is 0 Å². The van der Waals surface area contributed by atoms with Crippen molar-refractivity contribution in [2.75, 3.05) is 13.1 Å². The molecule has 0 radical (unpaired) electrons. The highest BCUT2D eigenvalue weighted by Gasteiger charge is 2.24. The number of nitrogens with one attached hydrogen (secondary N) is 1. The quantitative estimate of drug-likeness (QED) is 0.824. The summed E-state index contributed by atoms with van der Waals surface area (Å²) in [6.45, 7) is 3.98. The van der Waals surface area contributed by atoms with Crippen LogP contribution < -0.4 is 5.32 Å². The van der Waals surface area contributed by atoms with Crippen LogP contribution in [0.5, 0.6) is 0 Å². The molecule has 0 saturated carbocycles. The Morgan fingerprint density at radius 3 is 3.07 bits per heavy atom. The molecule has 0 aromatic heterocycles. The van der Waals surface area contributed by atoms with Gasteiger partial charge in [-0.1, -0.05) is 35.9 Å². The van der Waals surface area contributed by atoms with Crippen molar-refractivity contribution < 1.29 is 0 Å². The minimum atomic E-state index is 0.698. The molecule has 0 fully saturated rings. The monoisotopic (exact) mass is 221 g/mol. The SMILES string of the molecule is C/C(=C/Cl)CNCC1Cc2ccccc21. The summed E-state index contributed by atoms with van der Waals surface area (Å²) < 4.78 is 0. The van der Waals surface area contributed by atoms with Crippen molar-refractivity contribution in [3.05, 3.63) is 46.5 Å². The molecule has 1 unspecified atom stereocenters. The van der Waals surface area contributed by atoms with E-state index in [2.05, 4.69) is 29.6 Å². The van der Waals surface area contributed by atoms with Gasteiger partial charge in [-0.15, -0.1) is 0 Å². The summed E-state index contributed by atoms with van der Waals surface area (Å²) in [5.74, 6) is 0.698. The first-order chi connectivity index (χ1) is 7.31. The second-order valence-electron chi connectivity index (χ2n) is 4.19. The molecule has 0 saturated heterocycles. The smallest absolute Gasteiger partial charge is 0.0173 e. The number of fused-ring (bicyclic) bond motifs is 1. The summed E-state index contributed by atoms with van der Waals surface area (Å²) in [6, 6.07) is 8.68. The zero-order valence-electron chi connectivity index (χ0n) is 8.96. The van der Waals surface area contributed by atoms with Crippen molar-refractivity contribution in [1.29, 1.82) is 0 Å². The van der Waals surface area contributed by atoms with Gasteiger partial charge in [-0.25, -0.2) is 0 Å². The predicted molar refractivity (Wildman–Crippen MR) is 65.4 cm³/mol. The molecule has 1 aliphatic carbocycles. The van der Waals surface area contributed by atoms with Crippen LogP contribution in [-0.4, -0.2) is 13.1 Å². The van der Waals surface area contributed by atoms with Gasteiger partial charge in [0.15, 0.2) is 0 Å². The summed E-state index contributed by atoms with van der Waals surface area (Å²) in [4.78, 5) is 0. The Kier molecular flexibility index (Phi) is 3.45. The highest BCUT2D eigenvalue weighted by Crippen LogP contribution is 2.33. The van der Waals surface area contributed by atoms with E-state index in [4.69, 9.17) is 11.6 Å². The van der Waals surface area contributed by atoms with Crippen LogP contribution in [0.25, 0.3) is 0 Å². The Labute approximate surface area is 96.1 Å². The van der Waals surface area contributed by atoms with Crippen LogP contribution in [-0.2, 0) is 6.42 Å². The van der Waals surface area contributed by atoms with E-state index in [0.717, 1.165) is 13.1 Å². The van der Waals surface area contributed by atoms with Gasteiger partial charge in [0.25, 0.3) is 0 Å². The average molecular weight is 222 g/mol. The van der Waals surface area contributed by atoms with Gasteiger partial charge < -0.3 is 5.32 Å². The largest absolute Gasteiger partial charge is 0.312 e. The van der Waals surface area contributed by atoms with Crippen molar-refractivity contribution in [3.8, 4) is 0 Å². The second kappa shape index (κ2) is 4.82. The molecule has 0 aliphatic heterocycles. The fourth-order valence-electron chi connectivity index (χ4n) is 2.03. The Bertz CT molecular complexity index is 371. The Morgan fingerprint density at radius 2 is 2.33 bits per heavy atom. The van der Waals surface area contributed by atoms with Crippen LogP contribution in [0.4, 0.5) is 0 Å². The third-order valence-corrected chi connectivity index (χ3v) is 3.31. The first kappa shape index (κ1) is 10.7. The van der Waals surface area contributed by atoms with E-state index >= 15 is 0 Å². The fraction of sp³-hybridized carbons (Fsp3) is 0.385. The van der Waals surface area contributed by atoms with Crippen LogP contribution in [0.15, 0.2) is 35.4 Å². The molecule has 80 valence electrons. The molecular formula is C13H16ClN. The lowest BCUT2D eigenvalue weighted by molar-refractivity contribution is 0.551. The van der Waals surface area contributed by atoms with E-state index in [0.29, 0.717) is 5.92 Å². The van der Waals surface area contributed by atoms with Gasteiger partial charge in [0.05, 0.1) is 0 Å². The maximum absolute atomic E-state index is 5.59. The van der Waals surface area contributed by atoms with Crippen LogP contribution in [0.1, 0.15) is 24.0 Å². The van der Waals surface area contributed by atoms with E-state index in [9.17, 15) is 0 Å². The van der Waals surface area contributed by atoms with E-state index in [1.165, 1.54) is 23.1 Å². The second-order valence-corrected chi connectivity index (χ2v) is 4.40. The van der Waals surface area contributed by atoms with Gasteiger partial charge >= 0.3 is 0 Å². The number of hydrogen-bond acceptors (Lipinski definition) is 1. The van der Waals surface area contributed by atoms with Crippen molar-refractivity contribution in [1.82, 2.24) is 5.32 Å². The molecule has 1 nitrogen and oxygen atoms in total. The summed E-state index contributed by atoms with van der Waals surface area (Å²) in [6.07, 6.45) is 1.22. The van der Waals surface area contributed by atoms with Gasteiger partial charge in [0.2, 0.25) is 0 Å². The van der Waals surface area contributed by atoms with Gasteiger partial charge in [-0.05, 0) is 30.0 Å². The van der Waals surface area contributed by atoms with Gasteiger partial charge in [-0.2, -0.15) is 0 Å². The van der Waals surface area contributed by atoms with E-state index in [1.54, 1.807) is 5.54 Å². The number of rotatable bonds is 4. The van der Waals surface area contributed by atoms with Gasteiger partial charge in [-0.3, -0.25) is 0 Å². The first-order valence-electron chi connectivity index (χ1n) is 5.35. The first-order valence-corrected chi connectivity index (χ1v) is 5.79. The Morgan fingerprint density at radius 1 is 1.53 bits per heavy atom. The molecule has 15 heavy (non-hydrogen) atoms. The van der Waals surface area contributed by atoms with Gasteiger partial charge in [0, 0.05) is 24.5 Å². The molecule has 0 spiro atoms. The highest BCUT2D eigenvalue weighted by molar-refractivity contribution is 6.25. The molecule has 2 heteroatoms. The Hall–Kier alpha value is -0.790. The van der Waals surface area contributed by atoms with Crippen LogP contribution in [0, 0.1) is 0 Å². The Balaban J connectivity index is 1.80. The normalized spacial score (nSPS) is 19.6. The molecule has 1 aromatic carbocycles. The molecule has 1 atom stereocenters. The lowest BCUT2D eigenvalue weighted by atomic mass is 9.77. The topological polar surface area (TPSA) is 12.0 Å². The summed E-state index contributed by atoms with van der Waals surface area (Å²) >= 11 is 5.59. The van der Waals surface area contributed by atoms with Crippen molar-refractivity contribution in [2.45, 2.75) is 19.3 Å². The lowest BCUT2D eigenvalue weighted by Gasteiger charge is -2.30. The van der Waals surface area contributed by atoms with Crippen LogP contribution in [0.3, 0.4) is 0 Å². The molecule has 1 N–H and O–H groups in total. The zero-order valence-corrected chi connectivity index (χ0v) is 9.72. The van der Waals surface area contributed by atoms with Crippen molar-refractivity contribution in [3.63, 3.8) is 0 Å². The van der Waals surface area contributed by atoms with Crippen molar-refractivity contribution >= 4 is 11.6 Å². The number of halogens is 1. The predicted octanol–water partition coefficient (Wildman–Crippen LogP) is 3.06. The number of hydrogen-bond donors (Lipinski definition) is 1. The van der Waals surface area contributed by atoms with E-state index in [-0.39, 0.29) is 0 Å². The highest BCUT2D eigenvalue weighted by atomic mass is 35.5. The molecule has 0 bridgehead atoms. The van der Waals surface area contributed by atoms with E-state index < -0.39 is 0 Å². The number of benzene rings is 1. The molecule has 2 rings (SSSR count).